The Morgan fingerprint density at radius 1 is 1.07 bits per heavy atom. The zero-order valence-corrected chi connectivity index (χ0v) is 16.4. The highest BCUT2D eigenvalue weighted by atomic mass is 35.5. The highest BCUT2D eigenvalue weighted by Crippen LogP contribution is 2.35. The first-order chi connectivity index (χ1) is 12.9. The standard InChI is InChI=1S/C20H23ClN2O4/c1-14(24)23(10-9-15-7-5-4-6-8-15)13-20(25)22-17-12-18(26-2)16(21)11-19(17)27-3/h4-8,11-12H,9-10,13H2,1-3H3,(H,22,25). The summed E-state index contributed by atoms with van der Waals surface area (Å²) in [6.45, 7) is 1.84. The molecule has 2 aromatic rings. The average Bonchev–Trinajstić information content (AvgIpc) is 2.66. The molecule has 0 unspecified atom stereocenters. The van der Waals surface area contributed by atoms with Crippen LogP contribution in [0.1, 0.15) is 12.5 Å². The molecule has 0 radical (unpaired) electrons. The molecule has 2 amide bonds. The first-order valence-electron chi connectivity index (χ1n) is 8.45. The number of amides is 2. The van der Waals surface area contributed by atoms with Gasteiger partial charge in [0.15, 0.2) is 0 Å². The molecule has 6 nitrogen and oxygen atoms in total. The molecule has 27 heavy (non-hydrogen) atoms. The Hall–Kier alpha value is -2.73. The van der Waals surface area contributed by atoms with Gasteiger partial charge in [-0.1, -0.05) is 41.9 Å². The van der Waals surface area contributed by atoms with Gasteiger partial charge in [0, 0.05) is 25.6 Å². The maximum atomic E-state index is 12.5. The average molecular weight is 391 g/mol. The minimum Gasteiger partial charge on any atom is -0.495 e. The highest BCUT2D eigenvalue weighted by Gasteiger charge is 2.17. The van der Waals surface area contributed by atoms with Crippen molar-refractivity contribution in [3.63, 3.8) is 0 Å². The van der Waals surface area contributed by atoms with Gasteiger partial charge in [0.05, 0.1) is 31.5 Å². The second-order valence-electron chi connectivity index (χ2n) is 5.91. The fraction of sp³-hybridized carbons (Fsp3) is 0.300. The Kier molecular flexibility index (Phi) is 7.49. The molecule has 2 rings (SSSR count). The third-order valence-electron chi connectivity index (χ3n) is 4.04. The van der Waals surface area contributed by atoms with Crippen LogP contribution in [-0.2, 0) is 16.0 Å². The number of nitrogens with zero attached hydrogens (tertiary/aromatic N) is 1. The van der Waals surface area contributed by atoms with Crippen LogP contribution in [-0.4, -0.2) is 44.0 Å². The number of rotatable bonds is 8. The van der Waals surface area contributed by atoms with Crippen LogP contribution >= 0.6 is 11.6 Å². The number of methoxy groups -OCH3 is 2. The molecular weight excluding hydrogens is 368 g/mol. The zero-order valence-electron chi connectivity index (χ0n) is 15.6. The van der Waals surface area contributed by atoms with E-state index in [-0.39, 0.29) is 18.4 Å². The largest absolute Gasteiger partial charge is 0.495 e. The first kappa shape index (κ1) is 20.6. The molecule has 2 aromatic carbocycles. The number of carbonyl (C=O) groups is 2. The van der Waals surface area contributed by atoms with Crippen LogP contribution in [0.3, 0.4) is 0 Å². The minimum absolute atomic E-state index is 0.0593. The summed E-state index contributed by atoms with van der Waals surface area (Å²) in [6.07, 6.45) is 0.672. The Bertz CT molecular complexity index is 796. The highest BCUT2D eigenvalue weighted by molar-refractivity contribution is 6.32. The van der Waals surface area contributed by atoms with Gasteiger partial charge in [-0.25, -0.2) is 0 Å². The van der Waals surface area contributed by atoms with Crippen LogP contribution in [0.5, 0.6) is 11.5 Å². The molecule has 1 N–H and O–H groups in total. The minimum atomic E-state index is -0.332. The van der Waals surface area contributed by atoms with Crippen molar-refractivity contribution in [3.05, 3.63) is 53.1 Å². The van der Waals surface area contributed by atoms with E-state index in [1.165, 1.54) is 26.0 Å². The molecule has 0 atom stereocenters. The summed E-state index contributed by atoms with van der Waals surface area (Å²) in [5.41, 5.74) is 1.53. The van der Waals surface area contributed by atoms with E-state index in [1.54, 1.807) is 12.1 Å². The lowest BCUT2D eigenvalue weighted by Crippen LogP contribution is -2.38. The SMILES string of the molecule is COc1cc(NC(=O)CN(CCc2ccccc2)C(C)=O)c(OC)cc1Cl. The summed E-state index contributed by atoms with van der Waals surface area (Å²) in [5, 5.41) is 3.13. The van der Waals surface area contributed by atoms with E-state index >= 15 is 0 Å². The van der Waals surface area contributed by atoms with Crippen molar-refractivity contribution < 1.29 is 19.1 Å². The van der Waals surface area contributed by atoms with Gasteiger partial charge in [-0.05, 0) is 12.0 Å². The number of ether oxygens (including phenoxy) is 2. The fourth-order valence-electron chi connectivity index (χ4n) is 2.58. The van der Waals surface area contributed by atoms with E-state index in [4.69, 9.17) is 21.1 Å². The van der Waals surface area contributed by atoms with Gasteiger partial charge in [0.1, 0.15) is 11.5 Å². The lowest BCUT2D eigenvalue weighted by atomic mass is 10.1. The van der Waals surface area contributed by atoms with E-state index < -0.39 is 0 Å². The summed E-state index contributed by atoms with van der Waals surface area (Å²) in [6, 6.07) is 13.0. The molecule has 7 heteroatoms. The second-order valence-corrected chi connectivity index (χ2v) is 6.32. The molecule has 0 aliphatic heterocycles. The molecule has 0 spiro atoms. The molecule has 0 aliphatic rings. The molecular formula is C20H23ClN2O4. The molecule has 0 heterocycles. The van der Waals surface area contributed by atoms with Crippen LogP contribution in [0.25, 0.3) is 0 Å². The van der Waals surface area contributed by atoms with Crippen molar-refractivity contribution in [1.29, 1.82) is 0 Å². The van der Waals surface area contributed by atoms with Gasteiger partial charge >= 0.3 is 0 Å². The molecule has 0 aliphatic carbocycles. The van der Waals surface area contributed by atoms with Crippen LogP contribution < -0.4 is 14.8 Å². The molecule has 0 saturated heterocycles. The molecule has 0 saturated carbocycles. The van der Waals surface area contributed by atoms with Gasteiger partial charge in [0.2, 0.25) is 11.8 Å². The summed E-state index contributed by atoms with van der Waals surface area (Å²) in [7, 11) is 2.97. The van der Waals surface area contributed by atoms with E-state index in [0.29, 0.717) is 35.2 Å². The normalized spacial score (nSPS) is 10.2. The number of nitrogens with one attached hydrogen (secondary N) is 1. The topological polar surface area (TPSA) is 67.9 Å². The Labute approximate surface area is 164 Å². The maximum absolute atomic E-state index is 12.5. The maximum Gasteiger partial charge on any atom is 0.244 e. The Morgan fingerprint density at radius 3 is 2.33 bits per heavy atom. The number of carbonyl (C=O) groups excluding carboxylic acids is 2. The quantitative estimate of drug-likeness (QED) is 0.750. The Balaban J connectivity index is 2.04. The van der Waals surface area contributed by atoms with Gasteiger partial charge in [-0.15, -0.1) is 0 Å². The molecule has 0 fully saturated rings. The molecule has 144 valence electrons. The predicted molar refractivity (Wildman–Crippen MR) is 106 cm³/mol. The third-order valence-corrected chi connectivity index (χ3v) is 4.34. The van der Waals surface area contributed by atoms with E-state index in [0.717, 1.165) is 5.56 Å². The fourth-order valence-corrected chi connectivity index (χ4v) is 2.81. The number of halogens is 1. The third kappa shape index (κ3) is 5.89. The van der Waals surface area contributed by atoms with Crippen molar-refractivity contribution >= 4 is 29.1 Å². The number of hydrogen-bond acceptors (Lipinski definition) is 4. The zero-order chi connectivity index (χ0) is 19.8. The van der Waals surface area contributed by atoms with Crippen LogP contribution in [0, 0.1) is 0 Å². The summed E-state index contributed by atoms with van der Waals surface area (Å²) in [5.74, 6) is 0.329. The lowest BCUT2D eigenvalue weighted by molar-refractivity contribution is -0.132. The number of anilines is 1. The van der Waals surface area contributed by atoms with Crippen molar-refractivity contribution in [3.8, 4) is 11.5 Å². The lowest BCUT2D eigenvalue weighted by Gasteiger charge is -2.21. The van der Waals surface area contributed by atoms with Crippen molar-refractivity contribution in [1.82, 2.24) is 4.90 Å². The monoisotopic (exact) mass is 390 g/mol. The summed E-state index contributed by atoms with van der Waals surface area (Å²) >= 11 is 6.07. The smallest absolute Gasteiger partial charge is 0.244 e. The predicted octanol–water partition coefficient (Wildman–Crippen LogP) is 3.39. The van der Waals surface area contributed by atoms with Crippen LogP contribution in [0.15, 0.2) is 42.5 Å². The van der Waals surface area contributed by atoms with Gasteiger partial charge in [-0.2, -0.15) is 0 Å². The van der Waals surface area contributed by atoms with Crippen LogP contribution in [0.2, 0.25) is 5.02 Å². The van der Waals surface area contributed by atoms with Gasteiger partial charge in [-0.3, -0.25) is 9.59 Å². The summed E-state index contributed by atoms with van der Waals surface area (Å²) < 4.78 is 10.4. The van der Waals surface area contributed by atoms with Gasteiger partial charge in [0.25, 0.3) is 0 Å². The second kappa shape index (κ2) is 9.83. The molecule has 0 bridgehead atoms. The van der Waals surface area contributed by atoms with Crippen molar-refractivity contribution in [2.75, 3.05) is 32.6 Å². The first-order valence-corrected chi connectivity index (χ1v) is 8.83. The van der Waals surface area contributed by atoms with Crippen molar-refractivity contribution in [2.24, 2.45) is 0 Å². The van der Waals surface area contributed by atoms with E-state index in [9.17, 15) is 9.59 Å². The summed E-state index contributed by atoms with van der Waals surface area (Å²) in [4.78, 5) is 25.9. The van der Waals surface area contributed by atoms with Crippen LogP contribution in [0.4, 0.5) is 5.69 Å². The number of benzene rings is 2. The molecule has 0 aromatic heterocycles. The van der Waals surface area contributed by atoms with Crippen molar-refractivity contribution in [2.45, 2.75) is 13.3 Å². The number of hydrogen-bond donors (Lipinski definition) is 1. The van der Waals surface area contributed by atoms with E-state index in [2.05, 4.69) is 5.32 Å². The van der Waals surface area contributed by atoms with E-state index in [1.807, 2.05) is 30.3 Å². The Morgan fingerprint density at radius 2 is 1.74 bits per heavy atom. The van der Waals surface area contributed by atoms with Gasteiger partial charge < -0.3 is 19.7 Å².